The molecule has 2 nitrogen and oxygen atoms in total. The van der Waals surface area contributed by atoms with Crippen molar-refractivity contribution in [2.75, 3.05) is 0 Å². The van der Waals surface area contributed by atoms with E-state index in [0.29, 0.717) is 0 Å². The van der Waals surface area contributed by atoms with Crippen LogP contribution in [0.15, 0.2) is 152 Å². The van der Waals surface area contributed by atoms with Crippen LogP contribution in [0.25, 0.3) is 82.7 Å². The molecule has 0 amide bonds. The van der Waals surface area contributed by atoms with Gasteiger partial charge in [-0.05, 0) is 150 Å². The second kappa shape index (κ2) is 12.1. The summed E-state index contributed by atoms with van der Waals surface area (Å²) in [5, 5.41) is 5.52. The molecule has 0 saturated carbocycles. The number of benzene rings is 7. The third-order valence-electron chi connectivity index (χ3n) is 13.0. The van der Waals surface area contributed by atoms with Crippen LogP contribution in [-0.4, -0.2) is 9.13 Å². The van der Waals surface area contributed by atoms with Crippen LogP contribution in [0, 0.1) is 13.8 Å². The summed E-state index contributed by atoms with van der Waals surface area (Å²) in [5.74, 6) is 0. The monoisotopic (exact) mass is 718 g/mol. The molecule has 3 aliphatic rings. The lowest BCUT2D eigenvalue weighted by Gasteiger charge is -2.32. The van der Waals surface area contributed by atoms with Crippen molar-refractivity contribution in [1.82, 2.24) is 9.13 Å². The van der Waals surface area contributed by atoms with Gasteiger partial charge in [0.2, 0.25) is 0 Å². The molecule has 9 aromatic rings. The molecule has 12 rings (SSSR count). The van der Waals surface area contributed by atoms with Crippen LogP contribution in [0.3, 0.4) is 0 Å². The Morgan fingerprint density at radius 3 is 1.70 bits per heavy atom. The van der Waals surface area contributed by atoms with Gasteiger partial charge in [0.25, 0.3) is 0 Å². The fourth-order valence-corrected chi connectivity index (χ4v) is 10.7. The molecular formula is C54H42N2. The van der Waals surface area contributed by atoms with Crippen molar-refractivity contribution in [3.63, 3.8) is 0 Å². The maximum atomic E-state index is 2.70. The van der Waals surface area contributed by atoms with Crippen LogP contribution in [-0.2, 0) is 25.7 Å². The molecule has 0 saturated heterocycles. The summed E-state index contributed by atoms with van der Waals surface area (Å²) in [6.45, 7) is 4.38. The number of para-hydroxylation sites is 1. The van der Waals surface area contributed by atoms with E-state index in [4.69, 9.17) is 0 Å². The van der Waals surface area contributed by atoms with Gasteiger partial charge in [0.05, 0.1) is 22.6 Å². The summed E-state index contributed by atoms with van der Waals surface area (Å²) in [6.07, 6.45) is 14.4. The molecule has 268 valence electrons. The minimum atomic E-state index is 0.286. The summed E-state index contributed by atoms with van der Waals surface area (Å²) in [4.78, 5) is 0. The van der Waals surface area contributed by atoms with Gasteiger partial charge in [-0.1, -0.05) is 114 Å². The molecule has 1 unspecified atom stereocenters. The van der Waals surface area contributed by atoms with Gasteiger partial charge in [0.15, 0.2) is 0 Å². The fourth-order valence-electron chi connectivity index (χ4n) is 10.7. The first-order valence-electron chi connectivity index (χ1n) is 20.4. The van der Waals surface area contributed by atoms with E-state index in [1.54, 1.807) is 5.56 Å². The molecule has 1 atom stereocenters. The van der Waals surface area contributed by atoms with Crippen LogP contribution < -0.4 is 0 Å². The molecule has 0 aliphatic heterocycles. The maximum Gasteiger partial charge on any atom is 0.0579 e. The Labute approximate surface area is 327 Å². The summed E-state index contributed by atoms with van der Waals surface area (Å²) in [7, 11) is 0. The first-order valence-corrected chi connectivity index (χ1v) is 20.4. The molecular weight excluding hydrogens is 677 g/mol. The second-order valence-corrected chi connectivity index (χ2v) is 16.4. The minimum Gasteiger partial charge on any atom is -0.333 e. The molecule has 0 bridgehead atoms. The van der Waals surface area contributed by atoms with Gasteiger partial charge >= 0.3 is 0 Å². The predicted molar refractivity (Wildman–Crippen MR) is 236 cm³/mol. The Kier molecular flexibility index (Phi) is 6.87. The zero-order chi connectivity index (χ0) is 37.1. The molecule has 56 heavy (non-hydrogen) atoms. The van der Waals surface area contributed by atoms with Crippen molar-refractivity contribution in [2.24, 2.45) is 0 Å². The quantitative estimate of drug-likeness (QED) is 0.171. The van der Waals surface area contributed by atoms with Crippen LogP contribution >= 0.6 is 0 Å². The van der Waals surface area contributed by atoms with Gasteiger partial charge in [-0.25, -0.2) is 0 Å². The SMILES string of the molecule is Cc1cccc(-c2ccc3c(c2)c2cc4c5c(c2n3-c2ccccc2)CCc2cc3c6cc(-c7cccc(C)c7)ccc6n(C6C=CC=CC6)c3c(c2-5)CC4)c1. The lowest BCUT2D eigenvalue weighted by molar-refractivity contribution is 0.645. The van der Waals surface area contributed by atoms with E-state index >= 15 is 0 Å². The molecule has 2 heteroatoms. The Bertz CT molecular complexity index is 3180. The first-order chi connectivity index (χ1) is 27.6. The number of fused-ring (bicyclic) bond motifs is 8. The third kappa shape index (κ3) is 4.62. The van der Waals surface area contributed by atoms with Gasteiger partial charge in [-0.3, -0.25) is 0 Å². The summed E-state index contributed by atoms with van der Waals surface area (Å²) < 4.78 is 5.27. The van der Waals surface area contributed by atoms with E-state index in [0.717, 1.165) is 32.1 Å². The van der Waals surface area contributed by atoms with E-state index in [-0.39, 0.29) is 6.04 Å². The molecule has 0 N–H and O–H groups in total. The highest BCUT2D eigenvalue weighted by Gasteiger charge is 2.33. The standard InChI is InChI=1S/C54H42N2/c1-33-11-9-13-35(27-33)37-21-25-49-45(29-37)47-31-39-19-24-44-52-40(20-23-43(51(39)52)53(47)55(49)41-15-5-3-6-16-41)32-48-46-30-38(36-14-10-12-34(2)28-36)22-26-50(46)56(54(44)48)42-17-7-4-8-18-42/h3-17,21-22,25-32,42H,18-20,23-24H2,1-2H3. The second-order valence-electron chi connectivity index (χ2n) is 16.4. The average Bonchev–Trinajstić information content (AvgIpc) is 3.75. The Balaban J connectivity index is 1.15. The van der Waals surface area contributed by atoms with Crippen molar-refractivity contribution in [2.45, 2.75) is 52.0 Å². The van der Waals surface area contributed by atoms with E-state index in [2.05, 4.69) is 175 Å². The number of hydrogen-bond donors (Lipinski definition) is 0. The fraction of sp³-hybridized carbons (Fsp3) is 0.148. The van der Waals surface area contributed by atoms with Crippen LogP contribution in [0.1, 0.15) is 45.8 Å². The first kappa shape index (κ1) is 31.9. The van der Waals surface area contributed by atoms with E-state index < -0.39 is 0 Å². The minimum absolute atomic E-state index is 0.286. The Hall–Kier alpha value is -6.38. The smallest absolute Gasteiger partial charge is 0.0579 e. The summed E-state index contributed by atoms with van der Waals surface area (Å²) >= 11 is 0. The van der Waals surface area contributed by atoms with Crippen molar-refractivity contribution >= 4 is 43.6 Å². The number of allylic oxidation sites excluding steroid dienone is 4. The molecule has 3 aliphatic carbocycles. The average molecular weight is 719 g/mol. The lowest BCUT2D eigenvalue weighted by Crippen LogP contribution is -2.17. The van der Waals surface area contributed by atoms with Gasteiger partial charge in [0, 0.05) is 32.7 Å². The zero-order valence-electron chi connectivity index (χ0n) is 31.9. The van der Waals surface area contributed by atoms with Crippen LogP contribution in [0.4, 0.5) is 0 Å². The van der Waals surface area contributed by atoms with Crippen molar-refractivity contribution < 1.29 is 0 Å². The van der Waals surface area contributed by atoms with E-state index in [1.165, 1.54) is 110 Å². The topological polar surface area (TPSA) is 9.86 Å². The number of nitrogens with zero attached hydrogens (tertiary/aromatic N) is 2. The van der Waals surface area contributed by atoms with Gasteiger partial charge in [-0.2, -0.15) is 0 Å². The predicted octanol–water partition coefficient (Wildman–Crippen LogP) is 13.8. The molecule has 2 aromatic heterocycles. The normalized spacial score (nSPS) is 15.7. The highest BCUT2D eigenvalue weighted by Crippen LogP contribution is 2.52. The highest BCUT2D eigenvalue weighted by molar-refractivity contribution is 6.16. The zero-order valence-corrected chi connectivity index (χ0v) is 31.9. The molecule has 2 heterocycles. The summed E-state index contributed by atoms with van der Waals surface area (Å²) in [6, 6.07) is 48.7. The number of rotatable bonds is 4. The molecule has 0 fully saturated rings. The maximum absolute atomic E-state index is 2.70. The van der Waals surface area contributed by atoms with E-state index in [1.807, 2.05) is 0 Å². The van der Waals surface area contributed by atoms with Crippen LogP contribution in [0.2, 0.25) is 0 Å². The van der Waals surface area contributed by atoms with Gasteiger partial charge in [-0.15, -0.1) is 0 Å². The Morgan fingerprint density at radius 2 is 1.07 bits per heavy atom. The number of aromatic nitrogens is 2. The van der Waals surface area contributed by atoms with Gasteiger partial charge in [0.1, 0.15) is 0 Å². The lowest BCUT2D eigenvalue weighted by atomic mass is 9.74. The number of aryl methyl sites for hydroxylation is 6. The third-order valence-corrected chi connectivity index (χ3v) is 13.0. The Morgan fingerprint density at radius 1 is 0.482 bits per heavy atom. The molecule has 0 radical (unpaired) electrons. The van der Waals surface area contributed by atoms with Crippen LogP contribution in [0.5, 0.6) is 0 Å². The van der Waals surface area contributed by atoms with E-state index in [9.17, 15) is 0 Å². The van der Waals surface area contributed by atoms with Crippen molar-refractivity contribution in [1.29, 1.82) is 0 Å². The van der Waals surface area contributed by atoms with Crippen molar-refractivity contribution in [3.8, 4) is 39.1 Å². The highest BCUT2D eigenvalue weighted by atomic mass is 15.0. The van der Waals surface area contributed by atoms with Crippen molar-refractivity contribution in [3.05, 3.63) is 185 Å². The van der Waals surface area contributed by atoms with Gasteiger partial charge < -0.3 is 9.13 Å². The molecule has 7 aromatic carbocycles. The largest absolute Gasteiger partial charge is 0.333 e. The summed E-state index contributed by atoms with van der Waals surface area (Å²) in [5.41, 5.74) is 23.5. The molecule has 0 spiro atoms. The number of hydrogen-bond acceptors (Lipinski definition) is 0.